The highest BCUT2D eigenvalue weighted by molar-refractivity contribution is 7.99. The summed E-state index contributed by atoms with van der Waals surface area (Å²) in [5.74, 6) is 0.536. The molecule has 0 spiro atoms. The molecule has 3 aromatic rings. The van der Waals surface area contributed by atoms with Gasteiger partial charge in [-0.05, 0) is 36.5 Å². The predicted molar refractivity (Wildman–Crippen MR) is 160 cm³/mol. The molecular formula is C32H37N3O4S. The lowest BCUT2D eigenvalue weighted by molar-refractivity contribution is -0.384. The van der Waals surface area contributed by atoms with E-state index in [-0.39, 0.29) is 29.3 Å². The maximum Gasteiger partial charge on any atom is 0.269 e. The van der Waals surface area contributed by atoms with Gasteiger partial charge in [0.2, 0.25) is 11.8 Å². The summed E-state index contributed by atoms with van der Waals surface area (Å²) in [6.45, 7) is 2.37. The molecule has 0 radical (unpaired) electrons. The van der Waals surface area contributed by atoms with Gasteiger partial charge < -0.3 is 10.2 Å². The lowest BCUT2D eigenvalue weighted by Crippen LogP contribution is -2.53. The third-order valence-electron chi connectivity index (χ3n) is 7.34. The second kappa shape index (κ2) is 14.7. The summed E-state index contributed by atoms with van der Waals surface area (Å²) in [6, 6.07) is 23.8. The highest BCUT2D eigenvalue weighted by atomic mass is 32.2. The minimum Gasteiger partial charge on any atom is -0.352 e. The molecule has 1 aliphatic carbocycles. The zero-order valence-corrected chi connectivity index (χ0v) is 23.8. The number of amides is 2. The summed E-state index contributed by atoms with van der Waals surface area (Å²) in [4.78, 5) is 39.9. The van der Waals surface area contributed by atoms with E-state index in [1.54, 1.807) is 17.0 Å². The lowest BCUT2D eigenvalue weighted by Gasteiger charge is -2.33. The third-order valence-corrected chi connectivity index (χ3v) is 8.33. The molecule has 3 aromatic carbocycles. The van der Waals surface area contributed by atoms with Crippen molar-refractivity contribution < 1.29 is 14.5 Å². The molecule has 0 aliphatic heterocycles. The van der Waals surface area contributed by atoms with Gasteiger partial charge in [0.25, 0.3) is 5.69 Å². The van der Waals surface area contributed by atoms with Crippen LogP contribution in [0.1, 0.15) is 54.4 Å². The fraction of sp³-hybridized carbons (Fsp3) is 0.375. The average Bonchev–Trinajstić information content (AvgIpc) is 2.97. The van der Waals surface area contributed by atoms with E-state index < -0.39 is 11.0 Å². The van der Waals surface area contributed by atoms with E-state index in [1.165, 1.54) is 30.3 Å². The van der Waals surface area contributed by atoms with Crippen LogP contribution in [0.2, 0.25) is 0 Å². The average molecular weight is 560 g/mol. The van der Waals surface area contributed by atoms with E-state index in [0.717, 1.165) is 47.9 Å². The first-order valence-electron chi connectivity index (χ1n) is 13.9. The van der Waals surface area contributed by atoms with Crippen molar-refractivity contribution >= 4 is 29.3 Å². The molecule has 7 nitrogen and oxygen atoms in total. The minimum absolute atomic E-state index is 0.0434. The number of nitro benzene ring substituents is 1. The van der Waals surface area contributed by atoms with Gasteiger partial charge in [-0.2, -0.15) is 0 Å². The number of non-ortho nitro benzene ring substituents is 1. The highest BCUT2D eigenvalue weighted by Crippen LogP contribution is 2.22. The molecule has 1 saturated carbocycles. The van der Waals surface area contributed by atoms with Crippen LogP contribution in [0.4, 0.5) is 5.69 Å². The monoisotopic (exact) mass is 559 g/mol. The minimum atomic E-state index is -0.641. The van der Waals surface area contributed by atoms with Crippen molar-refractivity contribution in [3.8, 4) is 0 Å². The molecule has 2 amide bonds. The number of hydrogen-bond acceptors (Lipinski definition) is 5. The van der Waals surface area contributed by atoms with Crippen molar-refractivity contribution in [2.45, 2.75) is 69.8 Å². The maximum atomic E-state index is 13.8. The summed E-state index contributed by atoms with van der Waals surface area (Å²) >= 11 is 1.45. The van der Waals surface area contributed by atoms with Gasteiger partial charge >= 0.3 is 0 Å². The second-order valence-corrected chi connectivity index (χ2v) is 11.5. The van der Waals surface area contributed by atoms with Gasteiger partial charge in [0.05, 0.1) is 10.7 Å². The maximum absolute atomic E-state index is 13.8. The van der Waals surface area contributed by atoms with Gasteiger partial charge in [0.15, 0.2) is 0 Å². The normalized spacial score (nSPS) is 14.3. The molecule has 8 heteroatoms. The van der Waals surface area contributed by atoms with E-state index in [2.05, 4.69) is 5.32 Å². The Morgan fingerprint density at radius 2 is 1.57 bits per heavy atom. The summed E-state index contributed by atoms with van der Waals surface area (Å²) in [7, 11) is 0. The van der Waals surface area contributed by atoms with E-state index in [4.69, 9.17) is 0 Å². The largest absolute Gasteiger partial charge is 0.352 e. The van der Waals surface area contributed by atoms with Crippen LogP contribution < -0.4 is 5.32 Å². The molecule has 0 heterocycles. The first-order chi connectivity index (χ1) is 19.4. The van der Waals surface area contributed by atoms with Crippen molar-refractivity contribution in [2.75, 3.05) is 5.75 Å². The molecule has 40 heavy (non-hydrogen) atoms. The van der Waals surface area contributed by atoms with Crippen molar-refractivity contribution in [3.05, 3.63) is 111 Å². The van der Waals surface area contributed by atoms with Crippen LogP contribution in [-0.4, -0.2) is 39.5 Å². The van der Waals surface area contributed by atoms with E-state index in [1.807, 2.05) is 61.5 Å². The van der Waals surface area contributed by atoms with Crippen molar-refractivity contribution in [3.63, 3.8) is 0 Å². The number of nitrogens with zero attached hydrogens (tertiary/aromatic N) is 2. The molecule has 1 N–H and O–H groups in total. The zero-order chi connectivity index (χ0) is 28.3. The summed E-state index contributed by atoms with van der Waals surface area (Å²) < 4.78 is 0. The molecule has 0 saturated heterocycles. The van der Waals surface area contributed by atoms with E-state index in [0.29, 0.717) is 18.7 Å². The molecule has 0 aromatic heterocycles. The van der Waals surface area contributed by atoms with Crippen molar-refractivity contribution in [1.82, 2.24) is 10.2 Å². The molecule has 1 fully saturated rings. The molecule has 4 rings (SSSR count). The SMILES string of the molecule is Cc1ccc(CN(C(=O)CSCc2ccc([N+](=O)[O-])cc2)[C@H](Cc2ccccc2)C(=O)NC2CCCCC2)cc1. The number of nitrogens with one attached hydrogen (secondary N) is 1. The van der Waals surface area contributed by atoms with Crippen LogP contribution in [0, 0.1) is 17.0 Å². The van der Waals surface area contributed by atoms with E-state index in [9.17, 15) is 19.7 Å². The first kappa shape index (κ1) is 29.3. The Bertz CT molecular complexity index is 1260. The Morgan fingerprint density at radius 3 is 2.23 bits per heavy atom. The standard InChI is InChI=1S/C32H37N3O4S/c1-24-12-14-26(15-13-24)21-34(31(36)23-40-22-27-16-18-29(19-17-27)35(38)39)30(20-25-8-4-2-5-9-25)32(37)33-28-10-6-3-7-11-28/h2,4-5,8-9,12-19,28,30H,3,6-7,10-11,20-23H2,1H3,(H,33,37)/t30-/m1/s1. The van der Waals surface area contributed by atoms with Gasteiger partial charge in [-0.1, -0.05) is 91.6 Å². The van der Waals surface area contributed by atoms with Crippen LogP contribution in [0.3, 0.4) is 0 Å². The molecular weight excluding hydrogens is 522 g/mol. The fourth-order valence-corrected chi connectivity index (χ4v) is 5.91. The van der Waals surface area contributed by atoms with Gasteiger partial charge in [0, 0.05) is 36.9 Å². The zero-order valence-electron chi connectivity index (χ0n) is 23.0. The number of nitro groups is 1. The van der Waals surface area contributed by atoms with Gasteiger partial charge in [0.1, 0.15) is 6.04 Å². The Labute approximate surface area is 240 Å². The Morgan fingerprint density at radius 1 is 0.925 bits per heavy atom. The third kappa shape index (κ3) is 8.68. The Kier molecular flexibility index (Phi) is 10.7. The molecule has 0 bridgehead atoms. The summed E-state index contributed by atoms with van der Waals surface area (Å²) in [5.41, 5.74) is 4.07. The van der Waals surface area contributed by atoms with Gasteiger partial charge in [-0.3, -0.25) is 19.7 Å². The number of carbonyl (C=O) groups is 2. The number of hydrogen-bond donors (Lipinski definition) is 1. The highest BCUT2D eigenvalue weighted by Gasteiger charge is 2.31. The van der Waals surface area contributed by atoms with Crippen LogP contribution in [0.25, 0.3) is 0 Å². The predicted octanol–water partition coefficient (Wildman–Crippen LogP) is 6.23. The number of carbonyl (C=O) groups excluding carboxylic acids is 2. The second-order valence-electron chi connectivity index (χ2n) is 10.5. The van der Waals surface area contributed by atoms with Crippen LogP contribution in [0.15, 0.2) is 78.9 Å². The van der Waals surface area contributed by atoms with Crippen molar-refractivity contribution in [1.29, 1.82) is 0 Å². The summed E-state index contributed by atoms with van der Waals surface area (Å²) in [5, 5.41) is 14.2. The molecule has 0 unspecified atom stereocenters. The smallest absolute Gasteiger partial charge is 0.269 e. The molecule has 1 atom stereocenters. The van der Waals surface area contributed by atoms with Gasteiger partial charge in [-0.25, -0.2) is 0 Å². The van der Waals surface area contributed by atoms with Crippen LogP contribution in [-0.2, 0) is 28.3 Å². The topological polar surface area (TPSA) is 92.6 Å². The number of aryl methyl sites for hydroxylation is 1. The van der Waals surface area contributed by atoms with Crippen LogP contribution >= 0.6 is 11.8 Å². The lowest BCUT2D eigenvalue weighted by atomic mass is 9.94. The Balaban J connectivity index is 1.54. The first-order valence-corrected chi connectivity index (χ1v) is 15.0. The quantitative estimate of drug-likeness (QED) is 0.210. The fourth-order valence-electron chi connectivity index (χ4n) is 5.04. The molecule has 210 valence electrons. The van der Waals surface area contributed by atoms with E-state index >= 15 is 0 Å². The van der Waals surface area contributed by atoms with Crippen molar-refractivity contribution in [2.24, 2.45) is 0 Å². The van der Waals surface area contributed by atoms with Gasteiger partial charge in [-0.15, -0.1) is 11.8 Å². The number of rotatable bonds is 12. The Hall–Kier alpha value is -3.65. The molecule has 1 aliphatic rings. The number of thioether (sulfide) groups is 1. The summed E-state index contributed by atoms with van der Waals surface area (Å²) in [6.07, 6.45) is 5.80. The number of benzene rings is 3. The van der Waals surface area contributed by atoms with Crippen LogP contribution in [0.5, 0.6) is 0 Å².